The van der Waals surface area contributed by atoms with E-state index < -0.39 is 0 Å². The van der Waals surface area contributed by atoms with Gasteiger partial charge in [0.1, 0.15) is 0 Å². The van der Waals surface area contributed by atoms with E-state index in [1.54, 1.807) is 12.4 Å². The molecule has 1 aromatic rings. The molecule has 2 aliphatic rings. The lowest BCUT2D eigenvalue weighted by Crippen LogP contribution is -2.53. The van der Waals surface area contributed by atoms with Crippen LogP contribution in [0.3, 0.4) is 0 Å². The Kier molecular flexibility index (Phi) is 6.85. The van der Waals surface area contributed by atoms with Crippen molar-refractivity contribution in [2.75, 3.05) is 64.3 Å². The monoisotopic (exact) mass is 345 g/mol. The van der Waals surface area contributed by atoms with Gasteiger partial charge in [-0.3, -0.25) is 4.99 Å². The average Bonchev–Trinajstić information content (AvgIpc) is 2.95. The second kappa shape index (κ2) is 9.56. The summed E-state index contributed by atoms with van der Waals surface area (Å²) in [7, 11) is 1.88. The summed E-state index contributed by atoms with van der Waals surface area (Å²) < 4.78 is 0. The average molecular weight is 345 g/mol. The molecule has 0 radical (unpaired) electrons. The van der Waals surface area contributed by atoms with Crippen LogP contribution in [0.5, 0.6) is 0 Å². The Morgan fingerprint density at radius 2 is 1.68 bits per heavy atom. The predicted octanol–water partition coefficient (Wildman–Crippen LogP) is 1.05. The normalized spacial score (nSPS) is 20.4. The van der Waals surface area contributed by atoms with Crippen LogP contribution in [-0.4, -0.2) is 85.1 Å². The second-order valence-corrected chi connectivity index (χ2v) is 6.75. The summed E-state index contributed by atoms with van der Waals surface area (Å²) in [6.07, 6.45) is 9.08. The lowest BCUT2D eigenvalue weighted by Gasteiger charge is -2.36. The standard InChI is InChI=1S/C18H31N7/c1-19-17(22-9-12-23-10-4-2-3-5-11-23)24-13-15-25(16-14-24)18-20-7-6-8-21-18/h6-8H,2-5,9-16H2,1H3,(H,19,22). The van der Waals surface area contributed by atoms with Gasteiger partial charge in [-0.1, -0.05) is 12.8 Å². The van der Waals surface area contributed by atoms with Crippen molar-refractivity contribution < 1.29 is 0 Å². The fourth-order valence-corrected chi connectivity index (χ4v) is 3.59. The molecule has 7 nitrogen and oxygen atoms in total. The van der Waals surface area contributed by atoms with E-state index in [1.807, 2.05) is 13.1 Å². The number of guanidine groups is 1. The van der Waals surface area contributed by atoms with Crippen molar-refractivity contribution in [3.05, 3.63) is 18.5 Å². The lowest BCUT2D eigenvalue weighted by atomic mass is 10.2. The maximum Gasteiger partial charge on any atom is 0.225 e. The molecular weight excluding hydrogens is 314 g/mol. The number of aliphatic imine (C=N–C) groups is 1. The molecule has 0 unspecified atom stereocenters. The fourth-order valence-electron chi connectivity index (χ4n) is 3.59. The first-order valence-electron chi connectivity index (χ1n) is 9.57. The number of nitrogens with zero attached hydrogens (tertiary/aromatic N) is 6. The molecule has 0 spiro atoms. The van der Waals surface area contributed by atoms with Gasteiger partial charge in [0, 0.05) is 58.7 Å². The number of aromatic nitrogens is 2. The molecule has 1 aromatic heterocycles. The summed E-state index contributed by atoms with van der Waals surface area (Å²) in [5.74, 6) is 1.84. The summed E-state index contributed by atoms with van der Waals surface area (Å²) in [6, 6.07) is 1.86. The van der Waals surface area contributed by atoms with E-state index in [-0.39, 0.29) is 0 Å². The van der Waals surface area contributed by atoms with Gasteiger partial charge in [-0.25, -0.2) is 9.97 Å². The SMILES string of the molecule is CN=C(NCCN1CCCCCC1)N1CCN(c2ncccn2)CC1. The molecule has 1 N–H and O–H groups in total. The smallest absolute Gasteiger partial charge is 0.225 e. The van der Waals surface area contributed by atoms with E-state index in [9.17, 15) is 0 Å². The van der Waals surface area contributed by atoms with Gasteiger partial charge >= 0.3 is 0 Å². The molecule has 7 heteroatoms. The van der Waals surface area contributed by atoms with Crippen LogP contribution < -0.4 is 10.2 Å². The quantitative estimate of drug-likeness (QED) is 0.650. The highest BCUT2D eigenvalue weighted by Crippen LogP contribution is 2.10. The van der Waals surface area contributed by atoms with Crippen molar-refractivity contribution in [1.29, 1.82) is 0 Å². The maximum atomic E-state index is 4.47. The molecule has 3 rings (SSSR count). The van der Waals surface area contributed by atoms with E-state index in [1.165, 1.54) is 38.8 Å². The summed E-state index contributed by atoms with van der Waals surface area (Å²) in [4.78, 5) is 20.3. The third-order valence-electron chi connectivity index (χ3n) is 5.04. The van der Waals surface area contributed by atoms with Crippen LogP contribution in [-0.2, 0) is 0 Å². The van der Waals surface area contributed by atoms with E-state index in [0.29, 0.717) is 0 Å². The molecule has 2 aliphatic heterocycles. The van der Waals surface area contributed by atoms with Crippen LogP contribution in [0.4, 0.5) is 5.95 Å². The Morgan fingerprint density at radius 3 is 2.32 bits per heavy atom. The number of piperazine rings is 1. The van der Waals surface area contributed by atoms with Gasteiger partial charge in [-0.2, -0.15) is 0 Å². The topological polar surface area (TPSA) is 59.9 Å². The van der Waals surface area contributed by atoms with Crippen molar-refractivity contribution >= 4 is 11.9 Å². The van der Waals surface area contributed by atoms with Crippen molar-refractivity contribution in [3.8, 4) is 0 Å². The first-order chi connectivity index (χ1) is 12.4. The number of anilines is 1. The van der Waals surface area contributed by atoms with E-state index in [4.69, 9.17) is 0 Å². The summed E-state index contributed by atoms with van der Waals surface area (Å²) in [6.45, 7) is 8.31. The Hall–Kier alpha value is -1.89. The van der Waals surface area contributed by atoms with Crippen molar-refractivity contribution in [1.82, 2.24) is 25.1 Å². The predicted molar refractivity (Wildman–Crippen MR) is 102 cm³/mol. The molecule has 2 fully saturated rings. The number of hydrogen-bond donors (Lipinski definition) is 1. The Bertz CT molecular complexity index is 517. The molecule has 25 heavy (non-hydrogen) atoms. The molecule has 0 amide bonds. The van der Waals surface area contributed by atoms with Gasteiger partial charge in [0.25, 0.3) is 0 Å². The molecule has 0 bridgehead atoms. The Labute approximate surface area is 151 Å². The van der Waals surface area contributed by atoms with Crippen LogP contribution >= 0.6 is 0 Å². The van der Waals surface area contributed by atoms with E-state index >= 15 is 0 Å². The van der Waals surface area contributed by atoms with Crippen LogP contribution in [0.25, 0.3) is 0 Å². The Balaban J connectivity index is 1.41. The second-order valence-electron chi connectivity index (χ2n) is 6.75. The van der Waals surface area contributed by atoms with Crippen molar-refractivity contribution in [2.45, 2.75) is 25.7 Å². The van der Waals surface area contributed by atoms with Gasteiger partial charge in [0.2, 0.25) is 5.95 Å². The third-order valence-corrected chi connectivity index (χ3v) is 5.04. The summed E-state index contributed by atoms with van der Waals surface area (Å²) >= 11 is 0. The molecule has 0 aromatic carbocycles. The van der Waals surface area contributed by atoms with Gasteiger partial charge in [0.05, 0.1) is 0 Å². The zero-order chi connectivity index (χ0) is 17.3. The first kappa shape index (κ1) is 17.9. The zero-order valence-electron chi connectivity index (χ0n) is 15.4. The number of hydrogen-bond acceptors (Lipinski definition) is 5. The molecular formula is C18H31N7. The molecule has 0 aliphatic carbocycles. The number of rotatable bonds is 4. The minimum Gasteiger partial charge on any atom is -0.355 e. The fraction of sp³-hybridized carbons (Fsp3) is 0.722. The molecule has 0 atom stereocenters. The third kappa shape index (κ3) is 5.29. The van der Waals surface area contributed by atoms with Crippen LogP contribution in [0.2, 0.25) is 0 Å². The maximum absolute atomic E-state index is 4.47. The largest absolute Gasteiger partial charge is 0.355 e. The summed E-state index contributed by atoms with van der Waals surface area (Å²) in [5.41, 5.74) is 0. The Morgan fingerprint density at radius 1 is 1.00 bits per heavy atom. The zero-order valence-corrected chi connectivity index (χ0v) is 15.4. The van der Waals surface area contributed by atoms with Gasteiger partial charge in [0.15, 0.2) is 5.96 Å². The van der Waals surface area contributed by atoms with E-state index in [0.717, 1.165) is 51.2 Å². The first-order valence-corrected chi connectivity index (χ1v) is 9.57. The molecule has 2 saturated heterocycles. The van der Waals surface area contributed by atoms with Gasteiger partial charge in [-0.05, 0) is 32.0 Å². The molecule has 3 heterocycles. The van der Waals surface area contributed by atoms with E-state index in [2.05, 4.69) is 35.0 Å². The summed E-state index contributed by atoms with van der Waals surface area (Å²) in [5, 5.41) is 3.55. The highest BCUT2D eigenvalue weighted by atomic mass is 15.4. The van der Waals surface area contributed by atoms with Crippen molar-refractivity contribution in [2.24, 2.45) is 4.99 Å². The minimum absolute atomic E-state index is 0.825. The molecule has 138 valence electrons. The van der Waals surface area contributed by atoms with Gasteiger partial charge < -0.3 is 20.0 Å². The highest BCUT2D eigenvalue weighted by molar-refractivity contribution is 5.80. The van der Waals surface area contributed by atoms with Crippen LogP contribution in [0, 0.1) is 0 Å². The minimum atomic E-state index is 0.825. The molecule has 0 saturated carbocycles. The van der Waals surface area contributed by atoms with Crippen LogP contribution in [0.1, 0.15) is 25.7 Å². The van der Waals surface area contributed by atoms with Crippen molar-refractivity contribution in [3.63, 3.8) is 0 Å². The lowest BCUT2D eigenvalue weighted by molar-refractivity contribution is 0.286. The number of likely N-dealkylation sites (tertiary alicyclic amines) is 1. The number of nitrogens with one attached hydrogen (secondary N) is 1. The highest BCUT2D eigenvalue weighted by Gasteiger charge is 2.21. The van der Waals surface area contributed by atoms with Gasteiger partial charge in [-0.15, -0.1) is 0 Å². The van der Waals surface area contributed by atoms with Crippen LogP contribution in [0.15, 0.2) is 23.5 Å².